The van der Waals surface area contributed by atoms with E-state index >= 15 is 0 Å². The van der Waals surface area contributed by atoms with Crippen molar-refractivity contribution in [3.63, 3.8) is 0 Å². The van der Waals surface area contributed by atoms with Crippen LogP contribution in [0.4, 0.5) is 5.95 Å². The number of rotatable bonds is 4. The van der Waals surface area contributed by atoms with Crippen LogP contribution in [0, 0.1) is 6.92 Å². The largest absolute Gasteiger partial charge is 0.478 e. The SMILES string of the molecule is Cc1cc(C(=O)Nc2ncc[nH]2)sc1C=CC(=O)O. The average molecular weight is 277 g/mol. The number of hydrogen-bond acceptors (Lipinski definition) is 4. The fourth-order valence-corrected chi connectivity index (χ4v) is 2.40. The molecule has 0 saturated heterocycles. The number of amides is 1. The summed E-state index contributed by atoms with van der Waals surface area (Å²) in [5, 5.41) is 11.2. The summed E-state index contributed by atoms with van der Waals surface area (Å²) in [5.74, 6) is -0.925. The molecule has 2 aromatic rings. The number of aliphatic carboxylic acids is 1. The first kappa shape index (κ1) is 13.0. The van der Waals surface area contributed by atoms with Crippen LogP contribution in [-0.4, -0.2) is 27.0 Å². The number of carbonyl (C=O) groups excluding carboxylic acids is 1. The predicted molar refractivity (Wildman–Crippen MR) is 72.3 cm³/mol. The van der Waals surface area contributed by atoms with Gasteiger partial charge in [0, 0.05) is 23.3 Å². The van der Waals surface area contributed by atoms with Crippen molar-refractivity contribution in [3.8, 4) is 0 Å². The number of hydrogen-bond donors (Lipinski definition) is 3. The molecule has 6 nitrogen and oxygen atoms in total. The summed E-state index contributed by atoms with van der Waals surface area (Å²) >= 11 is 1.23. The van der Waals surface area contributed by atoms with Gasteiger partial charge in [0.25, 0.3) is 5.91 Å². The molecule has 7 heteroatoms. The molecule has 0 aliphatic heterocycles. The fraction of sp³-hybridized carbons (Fsp3) is 0.0833. The van der Waals surface area contributed by atoms with Gasteiger partial charge in [0.15, 0.2) is 0 Å². The number of imidazole rings is 1. The van der Waals surface area contributed by atoms with Gasteiger partial charge in [-0.2, -0.15) is 0 Å². The van der Waals surface area contributed by atoms with Gasteiger partial charge in [-0.05, 0) is 24.6 Å². The van der Waals surface area contributed by atoms with E-state index in [0.29, 0.717) is 10.8 Å². The van der Waals surface area contributed by atoms with E-state index in [1.54, 1.807) is 12.3 Å². The monoisotopic (exact) mass is 277 g/mol. The second-order valence-electron chi connectivity index (χ2n) is 3.72. The van der Waals surface area contributed by atoms with E-state index in [-0.39, 0.29) is 5.91 Å². The van der Waals surface area contributed by atoms with Crippen LogP contribution in [0.3, 0.4) is 0 Å². The summed E-state index contributed by atoms with van der Waals surface area (Å²) in [6.07, 6.45) is 5.67. The van der Waals surface area contributed by atoms with Crippen molar-refractivity contribution in [1.82, 2.24) is 9.97 Å². The molecule has 0 atom stereocenters. The zero-order valence-electron chi connectivity index (χ0n) is 10.0. The minimum atomic E-state index is -1.02. The molecule has 19 heavy (non-hydrogen) atoms. The Bertz CT molecular complexity index is 629. The highest BCUT2D eigenvalue weighted by atomic mass is 32.1. The molecule has 2 heterocycles. The van der Waals surface area contributed by atoms with Crippen molar-refractivity contribution in [2.75, 3.05) is 5.32 Å². The quantitative estimate of drug-likeness (QED) is 0.746. The Kier molecular flexibility index (Phi) is 3.76. The summed E-state index contributed by atoms with van der Waals surface area (Å²) in [7, 11) is 0. The van der Waals surface area contributed by atoms with E-state index in [4.69, 9.17) is 5.11 Å². The number of aromatic amines is 1. The van der Waals surface area contributed by atoms with Gasteiger partial charge >= 0.3 is 5.97 Å². The van der Waals surface area contributed by atoms with Crippen LogP contribution in [0.2, 0.25) is 0 Å². The van der Waals surface area contributed by atoms with Crippen molar-refractivity contribution < 1.29 is 14.7 Å². The minimum absolute atomic E-state index is 0.280. The van der Waals surface area contributed by atoms with Crippen LogP contribution in [0.25, 0.3) is 6.08 Å². The van der Waals surface area contributed by atoms with Crippen molar-refractivity contribution in [3.05, 3.63) is 39.9 Å². The highest BCUT2D eigenvalue weighted by Crippen LogP contribution is 2.23. The number of carbonyl (C=O) groups is 2. The number of nitrogens with one attached hydrogen (secondary N) is 2. The molecule has 2 rings (SSSR count). The molecular weight excluding hydrogens is 266 g/mol. The van der Waals surface area contributed by atoms with Crippen LogP contribution in [0.15, 0.2) is 24.5 Å². The maximum absolute atomic E-state index is 11.9. The topological polar surface area (TPSA) is 95.1 Å². The second kappa shape index (κ2) is 5.49. The molecule has 0 aliphatic carbocycles. The third kappa shape index (κ3) is 3.29. The standard InChI is InChI=1S/C12H11N3O3S/c1-7-6-9(19-8(7)2-3-10(16)17)11(18)15-12-13-4-5-14-12/h2-6H,1H3,(H,16,17)(H2,13,14,15,18). The lowest BCUT2D eigenvalue weighted by Gasteiger charge is -1.97. The lowest BCUT2D eigenvalue weighted by Crippen LogP contribution is -2.11. The van der Waals surface area contributed by atoms with Gasteiger partial charge < -0.3 is 10.1 Å². The Balaban J connectivity index is 2.15. The average Bonchev–Trinajstić information content (AvgIpc) is 2.96. The number of carboxylic acid groups (broad SMARTS) is 1. The number of anilines is 1. The number of aromatic nitrogens is 2. The number of nitrogens with zero attached hydrogens (tertiary/aromatic N) is 1. The zero-order chi connectivity index (χ0) is 13.8. The molecule has 3 N–H and O–H groups in total. The first-order chi connectivity index (χ1) is 9.06. The van der Waals surface area contributed by atoms with Crippen LogP contribution in [-0.2, 0) is 4.79 Å². The Morgan fingerprint density at radius 1 is 1.53 bits per heavy atom. The Hall–Kier alpha value is -2.41. The highest BCUT2D eigenvalue weighted by molar-refractivity contribution is 7.15. The third-order valence-electron chi connectivity index (χ3n) is 2.29. The van der Waals surface area contributed by atoms with Crippen LogP contribution in [0.1, 0.15) is 20.1 Å². The number of H-pyrrole nitrogens is 1. The van der Waals surface area contributed by atoms with Crippen molar-refractivity contribution in [2.45, 2.75) is 6.92 Å². The molecule has 0 radical (unpaired) electrons. The van der Waals surface area contributed by atoms with E-state index in [0.717, 1.165) is 16.5 Å². The van der Waals surface area contributed by atoms with Gasteiger partial charge in [-0.3, -0.25) is 10.1 Å². The number of thiophene rings is 1. The molecule has 0 spiro atoms. The Morgan fingerprint density at radius 2 is 2.32 bits per heavy atom. The van der Waals surface area contributed by atoms with Gasteiger partial charge in [-0.1, -0.05) is 0 Å². The maximum atomic E-state index is 11.9. The first-order valence-corrected chi connectivity index (χ1v) is 6.20. The summed E-state index contributed by atoms with van der Waals surface area (Å²) in [6.45, 7) is 1.82. The lowest BCUT2D eigenvalue weighted by molar-refractivity contribution is -0.131. The molecule has 0 aliphatic rings. The second-order valence-corrected chi connectivity index (χ2v) is 4.81. The summed E-state index contributed by atoms with van der Waals surface area (Å²) in [5.41, 5.74) is 0.854. The Labute approximate surface area is 112 Å². The maximum Gasteiger partial charge on any atom is 0.328 e. The molecule has 0 saturated carbocycles. The van der Waals surface area contributed by atoms with Gasteiger partial charge in [0.1, 0.15) is 0 Å². The third-order valence-corrected chi connectivity index (χ3v) is 3.49. The first-order valence-electron chi connectivity index (χ1n) is 5.38. The number of aryl methyl sites for hydroxylation is 1. The van der Waals surface area contributed by atoms with Crippen LogP contribution in [0.5, 0.6) is 0 Å². The molecule has 0 fully saturated rings. The van der Waals surface area contributed by atoms with Crippen molar-refractivity contribution in [1.29, 1.82) is 0 Å². The van der Waals surface area contributed by atoms with Gasteiger partial charge in [-0.15, -0.1) is 11.3 Å². The predicted octanol–water partition coefficient (Wildman–Crippen LogP) is 2.13. The summed E-state index contributed by atoms with van der Waals surface area (Å²) in [6, 6.07) is 1.71. The molecule has 0 aromatic carbocycles. The fourth-order valence-electron chi connectivity index (χ4n) is 1.42. The van der Waals surface area contributed by atoms with E-state index in [9.17, 15) is 9.59 Å². The van der Waals surface area contributed by atoms with Crippen molar-refractivity contribution in [2.24, 2.45) is 0 Å². The molecular formula is C12H11N3O3S. The molecule has 0 unspecified atom stereocenters. The van der Waals surface area contributed by atoms with Gasteiger partial charge in [-0.25, -0.2) is 9.78 Å². The highest BCUT2D eigenvalue weighted by Gasteiger charge is 2.12. The zero-order valence-corrected chi connectivity index (χ0v) is 10.8. The van der Waals surface area contributed by atoms with E-state index in [2.05, 4.69) is 15.3 Å². The van der Waals surface area contributed by atoms with Gasteiger partial charge in [0.05, 0.1) is 4.88 Å². The van der Waals surface area contributed by atoms with Crippen molar-refractivity contribution >= 4 is 35.2 Å². The summed E-state index contributed by atoms with van der Waals surface area (Å²) in [4.78, 5) is 30.3. The van der Waals surface area contributed by atoms with Crippen LogP contribution >= 0.6 is 11.3 Å². The van der Waals surface area contributed by atoms with E-state index in [1.165, 1.54) is 23.6 Å². The Morgan fingerprint density at radius 3 is 2.95 bits per heavy atom. The summed E-state index contributed by atoms with van der Waals surface area (Å²) < 4.78 is 0. The molecule has 0 bridgehead atoms. The normalized spacial score (nSPS) is 10.8. The van der Waals surface area contributed by atoms with E-state index < -0.39 is 5.97 Å². The number of carboxylic acids is 1. The van der Waals surface area contributed by atoms with Crippen LogP contribution < -0.4 is 5.32 Å². The minimum Gasteiger partial charge on any atom is -0.478 e. The molecule has 1 amide bonds. The lowest BCUT2D eigenvalue weighted by atomic mass is 10.2. The smallest absolute Gasteiger partial charge is 0.328 e. The molecule has 2 aromatic heterocycles. The molecule has 98 valence electrons. The van der Waals surface area contributed by atoms with Gasteiger partial charge in [0.2, 0.25) is 5.95 Å². The van der Waals surface area contributed by atoms with E-state index in [1.807, 2.05) is 6.92 Å².